The molecule has 0 saturated heterocycles. The van der Waals surface area contributed by atoms with Crippen LogP contribution in [0.25, 0.3) is 10.8 Å². The number of guanidine groups is 1. The summed E-state index contributed by atoms with van der Waals surface area (Å²) in [6.45, 7) is 4.95. The Bertz CT molecular complexity index is 572. The van der Waals surface area contributed by atoms with Crippen LogP contribution in [-0.4, -0.2) is 17.5 Å². The predicted octanol–water partition coefficient (Wildman–Crippen LogP) is 2.12. The van der Waals surface area contributed by atoms with E-state index in [4.69, 9.17) is 5.84 Å². The second-order valence-electron chi connectivity index (χ2n) is 4.75. The van der Waals surface area contributed by atoms with E-state index in [1.165, 1.54) is 0 Å². The molecule has 0 amide bonds. The van der Waals surface area contributed by atoms with Crippen molar-refractivity contribution in [1.82, 2.24) is 10.4 Å². The highest BCUT2D eigenvalue weighted by atomic mass is 15.3. The second-order valence-corrected chi connectivity index (χ2v) is 4.75. The SMILES string of the molecule is CC(C)CN=C(NN)Nc1cccc2cnccc12. The third kappa shape index (κ3) is 3.42. The van der Waals surface area contributed by atoms with E-state index in [0.717, 1.165) is 23.0 Å². The van der Waals surface area contributed by atoms with Crippen molar-refractivity contribution in [1.29, 1.82) is 0 Å². The molecule has 0 aliphatic heterocycles. The molecule has 0 bridgehead atoms. The highest BCUT2D eigenvalue weighted by molar-refractivity contribution is 6.02. The first-order chi connectivity index (χ1) is 9.20. The van der Waals surface area contributed by atoms with Gasteiger partial charge in [0, 0.05) is 35.4 Å². The van der Waals surface area contributed by atoms with E-state index in [1.54, 1.807) is 6.20 Å². The van der Waals surface area contributed by atoms with Crippen LogP contribution in [0, 0.1) is 5.92 Å². The summed E-state index contributed by atoms with van der Waals surface area (Å²) in [6, 6.07) is 7.95. The standard InChI is InChI=1S/C14H19N5/c1-10(2)8-17-14(19-15)18-13-5-3-4-11-9-16-7-6-12(11)13/h3-7,9-10H,8,15H2,1-2H3,(H2,17,18,19). The van der Waals surface area contributed by atoms with Gasteiger partial charge in [-0.1, -0.05) is 26.0 Å². The minimum atomic E-state index is 0.488. The Kier molecular flexibility index (Phi) is 4.30. The van der Waals surface area contributed by atoms with Gasteiger partial charge >= 0.3 is 0 Å². The first-order valence-electron chi connectivity index (χ1n) is 6.31. The maximum atomic E-state index is 5.50. The number of nitrogens with zero attached hydrogens (tertiary/aromatic N) is 2. The number of benzene rings is 1. The van der Waals surface area contributed by atoms with Crippen LogP contribution < -0.4 is 16.6 Å². The molecule has 1 aromatic carbocycles. The molecule has 19 heavy (non-hydrogen) atoms. The summed E-state index contributed by atoms with van der Waals surface area (Å²) in [5.41, 5.74) is 3.55. The van der Waals surface area contributed by atoms with Crippen LogP contribution in [0.5, 0.6) is 0 Å². The summed E-state index contributed by atoms with van der Waals surface area (Å²) in [4.78, 5) is 8.51. The fraction of sp³-hybridized carbons (Fsp3) is 0.286. The third-order valence-corrected chi connectivity index (χ3v) is 2.69. The van der Waals surface area contributed by atoms with E-state index in [1.807, 2.05) is 30.5 Å². The number of aliphatic imine (C=N–C) groups is 1. The summed E-state index contributed by atoms with van der Waals surface area (Å²) in [5.74, 6) is 6.55. The van der Waals surface area contributed by atoms with Crippen LogP contribution in [0.1, 0.15) is 13.8 Å². The fourth-order valence-electron chi connectivity index (χ4n) is 1.75. The molecule has 2 rings (SSSR count). The molecule has 0 radical (unpaired) electrons. The zero-order valence-electron chi connectivity index (χ0n) is 11.2. The highest BCUT2D eigenvalue weighted by Gasteiger charge is 2.03. The fourth-order valence-corrected chi connectivity index (χ4v) is 1.75. The molecule has 0 saturated carbocycles. The molecule has 5 heteroatoms. The molecule has 0 fully saturated rings. The average molecular weight is 257 g/mol. The van der Waals surface area contributed by atoms with Gasteiger partial charge in [-0.15, -0.1) is 0 Å². The van der Waals surface area contributed by atoms with Crippen molar-refractivity contribution >= 4 is 22.4 Å². The molecule has 100 valence electrons. The molecule has 4 N–H and O–H groups in total. The molecule has 1 aromatic heterocycles. The Balaban J connectivity index is 2.27. The third-order valence-electron chi connectivity index (χ3n) is 2.69. The van der Waals surface area contributed by atoms with Gasteiger partial charge in [-0.25, -0.2) is 5.84 Å². The van der Waals surface area contributed by atoms with E-state index >= 15 is 0 Å². The Morgan fingerprint density at radius 1 is 1.37 bits per heavy atom. The minimum Gasteiger partial charge on any atom is -0.325 e. The van der Waals surface area contributed by atoms with Gasteiger partial charge in [0.15, 0.2) is 0 Å². The van der Waals surface area contributed by atoms with Gasteiger partial charge in [0.2, 0.25) is 5.96 Å². The number of anilines is 1. The van der Waals surface area contributed by atoms with Gasteiger partial charge in [-0.3, -0.25) is 15.4 Å². The number of hydrogen-bond acceptors (Lipinski definition) is 3. The number of nitrogens with one attached hydrogen (secondary N) is 2. The van der Waals surface area contributed by atoms with Crippen LogP contribution in [-0.2, 0) is 0 Å². The maximum absolute atomic E-state index is 5.50. The average Bonchev–Trinajstić information content (AvgIpc) is 2.43. The molecule has 0 atom stereocenters. The number of fused-ring (bicyclic) bond motifs is 1. The Hall–Kier alpha value is -2.14. The Morgan fingerprint density at radius 2 is 2.21 bits per heavy atom. The quantitative estimate of drug-likeness (QED) is 0.341. The van der Waals surface area contributed by atoms with Crippen molar-refractivity contribution in [2.75, 3.05) is 11.9 Å². The Morgan fingerprint density at radius 3 is 2.95 bits per heavy atom. The van der Waals surface area contributed by atoms with Crippen molar-refractivity contribution in [3.63, 3.8) is 0 Å². The molecule has 0 unspecified atom stereocenters. The van der Waals surface area contributed by atoms with Crippen molar-refractivity contribution in [3.05, 3.63) is 36.7 Å². The highest BCUT2D eigenvalue weighted by Crippen LogP contribution is 2.21. The molecular formula is C14H19N5. The molecule has 0 spiro atoms. The lowest BCUT2D eigenvalue weighted by atomic mass is 10.1. The number of pyridine rings is 1. The van der Waals surface area contributed by atoms with Crippen LogP contribution in [0.3, 0.4) is 0 Å². The number of rotatable bonds is 3. The van der Waals surface area contributed by atoms with Crippen LogP contribution in [0.2, 0.25) is 0 Å². The van der Waals surface area contributed by atoms with E-state index in [0.29, 0.717) is 11.9 Å². The summed E-state index contributed by atoms with van der Waals surface area (Å²) >= 11 is 0. The minimum absolute atomic E-state index is 0.488. The lowest BCUT2D eigenvalue weighted by Gasteiger charge is -2.12. The first kappa shape index (κ1) is 13.3. The van der Waals surface area contributed by atoms with Crippen LogP contribution in [0.15, 0.2) is 41.7 Å². The van der Waals surface area contributed by atoms with Crippen molar-refractivity contribution < 1.29 is 0 Å². The van der Waals surface area contributed by atoms with E-state index in [2.05, 4.69) is 34.6 Å². The number of nitrogens with two attached hydrogens (primary N) is 1. The zero-order valence-corrected chi connectivity index (χ0v) is 11.2. The van der Waals surface area contributed by atoms with Crippen molar-refractivity contribution in [3.8, 4) is 0 Å². The monoisotopic (exact) mass is 257 g/mol. The lowest BCUT2D eigenvalue weighted by Crippen LogP contribution is -2.36. The summed E-state index contributed by atoms with van der Waals surface area (Å²) in [6.07, 6.45) is 3.61. The molecule has 1 heterocycles. The van der Waals surface area contributed by atoms with Crippen molar-refractivity contribution in [2.45, 2.75) is 13.8 Å². The molecular weight excluding hydrogens is 238 g/mol. The molecule has 2 aromatic rings. The lowest BCUT2D eigenvalue weighted by molar-refractivity contribution is 0.663. The normalized spacial score (nSPS) is 11.9. The van der Waals surface area contributed by atoms with E-state index in [-0.39, 0.29) is 0 Å². The van der Waals surface area contributed by atoms with E-state index in [9.17, 15) is 0 Å². The maximum Gasteiger partial charge on any atom is 0.210 e. The Labute approximate surface area is 112 Å². The number of hydrogen-bond donors (Lipinski definition) is 3. The molecule has 5 nitrogen and oxygen atoms in total. The largest absolute Gasteiger partial charge is 0.325 e. The summed E-state index contributed by atoms with van der Waals surface area (Å²) in [7, 11) is 0. The van der Waals surface area contributed by atoms with E-state index < -0.39 is 0 Å². The topological polar surface area (TPSA) is 75.3 Å². The predicted molar refractivity (Wildman–Crippen MR) is 79.8 cm³/mol. The van der Waals surface area contributed by atoms with Crippen LogP contribution >= 0.6 is 0 Å². The van der Waals surface area contributed by atoms with Gasteiger partial charge in [-0.05, 0) is 18.1 Å². The van der Waals surface area contributed by atoms with Gasteiger partial charge in [0.1, 0.15) is 0 Å². The van der Waals surface area contributed by atoms with Crippen molar-refractivity contribution in [2.24, 2.45) is 16.8 Å². The number of aromatic nitrogens is 1. The smallest absolute Gasteiger partial charge is 0.210 e. The van der Waals surface area contributed by atoms with Gasteiger partial charge < -0.3 is 5.32 Å². The van der Waals surface area contributed by atoms with Gasteiger partial charge in [-0.2, -0.15) is 0 Å². The van der Waals surface area contributed by atoms with Gasteiger partial charge in [0.05, 0.1) is 0 Å². The summed E-state index contributed by atoms with van der Waals surface area (Å²) in [5, 5.41) is 5.38. The zero-order chi connectivity index (χ0) is 13.7. The number of hydrazine groups is 1. The molecule has 0 aliphatic rings. The van der Waals surface area contributed by atoms with Gasteiger partial charge in [0.25, 0.3) is 0 Å². The second kappa shape index (κ2) is 6.15. The first-order valence-corrected chi connectivity index (χ1v) is 6.31. The molecule has 0 aliphatic carbocycles. The summed E-state index contributed by atoms with van der Waals surface area (Å²) < 4.78 is 0. The van der Waals surface area contributed by atoms with Crippen LogP contribution in [0.4, 0.5) is 5.69 Å².